The smallest absolute Gasteiger partial charge is 0.323 e. The number of aliphatic carboxylic acids is 1. The first-order valence-electron chi connectivity index (χ1n) is 5.58. The van der Waals surface area contributed by atoms with Gasteiger partial charge in [0.1, 0.15) is 6.54 Å². The summed E-state index contributed by atoms with van der Waals surface area (Å²) in [7, 11) is -3.82. The molecular weight excluding hydrogens is 298 g/mol. The molecule has 0 spiro atoms. The van der Waals surface area contributed by atoms with E-state index in [0.717, 1.165) is 4.90 Å². The second kappa shape index (κ2) is 6.74. The molecule has 2 amide bonds. The molecule has 0 aliphatic rings. The van der Waals surface area contributed by atoms with Gasteiger partial charge in [-0.25, -0.2) is 18.4 Å². The summed E-state index contributed by atoms with van der Waals surface area (Å²) in [5, 5.41) is 16.0. The fraction of sp³-hybridized carbons (Fsp3) is 0.167. The van der Waals surface area contributed by atoms with Gasteiger partial charge in [-0.05, 0) is 24.3 Å². The highest BCUT2D eigenvalue weighted by Gasteiger charge is 2.16. The Morgan fingerprint density at radius 3 is 2.33 bits per heavy atom. The van der Waals surface area contributed by atoms with Crippen LogP contribution in [0.25, 0.3) is 0 Å². The Hall–Kier alpha value is -2.57. The summed E-state index contributed by atoms with van der Waals surface area (Å²) >= 11 is 0. The van der Waals surface area contributed by atoms with Crippen molar-refractivity contribution in [3.8, 4) is 12.3 Å². The van der Waals surface area contributed by atoms with E-state index in [1.807, 2.05) is 0 Å². The molecule has 0 aliphatic carbocycles. The molecule has 9 heteroatoms. The molecule has 8 nitrogen and oxygen atoms in total. The highest BCUT2D eigenvalue weighted by molar-refractivity contribution is 7.89. The average molecular weight is 311 g/mol. The maximum Gasteiger partial charge on any atom is 0.323 e. The van der Waals surface area contributed by atoms with Crippen LogP contribution in [-0.4, -0.2) is 43.5 Å². The van der Waals surface area contributed by atoms with E-state index in [1.165, 1.54) is 24.3 Å². The van der Waals surface area contributed by atoms with Crippen molar-refractivity contribution in [2.24, 2.45) is 5.14 Å². The van der Waals surface area contributed by atoms with Gasteiger partial charge >= 0.3 is 12.0 Å². The topological polar surface area (TPSA) is 130 Å². The Labute approximate surface area is 121 Å². The fourth-order valence-corrected chi connectivity index (χ4v) is 1.92. The predicted molar refractivity (Wildman–Crippen MR) is 74.9 cm³/mol. The van der Waals surface area contributed by atoms with Gasteiger partial charge in [0.2, 0.25) is 10.0 Å². The highest BCUT2D eigenvalue weighted by Crippen LogP contribution is 2.13. The van der Waals surface area contributed by atoms with Crippen molar-refractivity contribution >= 4 is 27.7 Å². The highest BCUT2D eigenvalue weighted by atomic mass is 32.2. The van der Waals surface area contributed by atoms with Gasteiger partial charge in [-0.2, -0.15) is 0 Å². The second-order valence-electron chi connectivity index (χ2n) is 3.95. The molecule has 21 heavy (non-hydrogen) atoms. The summed E-state index contributed by atoms with van der Waals surface area (Å²) in [6, 6.07) is 4.37. The number of nitrogens with two attached hydrogens (primary N) is 1. The molecule has 0 unspecified atom stereocenters. The zero-order chi connectivity index (χ0) is 16.0. The number of carboxylic acid groups (broad SMARTS) is 1. The summed E-state index contributed by atoms with van der Waals surface area (Å²) in [5.74, 6) is 0.971. The maximum atomic E-state index is 11.8. The number of amides is 2. The number of carboxylic acids is 1. The molecule has 0 aromatic heterocycles. The van der Waals surface area contributed by atoms with Crippen molar-refractivity contribution in [3.05, 3.63) is 24.3 Å². The van der Waals surface area contributed by atoms with Gasteiger partial charge in [-0.15, -0.1) is 6.42 Å². The van der Waals surface area contributed by atoms with Crippen molar-refractivity contribution in [3.63, 3.8) is 0 Å². The molecule has 0 aliphatic heterocycles. The van der Waals surface area contributed by atoms with E-state index < -0.39 is 28.6 Å². The van der Waals surface area contributed by atoms with Crippen LogP contribution in [0.5, 0.6) is 0 Å². The van der Waals surface area contributed by atoms with Crippen molar-refractivity contribution in [1.82, 2.24) is 4.90 Å². The number of anilines is 1. The number of sulfonamides is 1. The number of nitrogens with one attached hydrogen (secondary N) is 1. The Morgan fingerprint density at radius 1 is 1.33 bits per heavy atom. The summed E-state index contributed by atoms with van der Waals surface area (Å²) in [5.41, 5.74) is 0.278. The van der Waals surface area contributed by atoms with Gasteiger partial charge in [0.25, 0.3) is 0 Å². The van der Waals surface area contributed by atoms with Gasteiger partial charge in [0.15, 0.2) is 0 Å². The minimum absolute atomic E-state index is 0.105. The quantitative estimate of drug-likeness (QED) is 0.653. The minimum Gasteiger partial charge on any atom is -0.480 e. The third kappa shape index (κ3) is 5.13. The Morgan fingerprint density at radius 2 is 1.90 bits per heavy atom. The van der Waals surface area contributed by atoms with Crippen LogP contribution < -0.4 is 10.5 Å². The Bertz CT molecular complexity index is 676. The average Bonchev–Trinajstić information content (AvgIpc) is 2.37. The van der Waals surface area contributed by atoms with Crippen LogP contribution in [0, 0.1) is 12.3 Å². The molecule has 1 aromatic rings. The van der Waals surface area contributed by atoms with Gasteiger partial charge in [0, 0.05) is 5.69 Å². The number of benzene rings is 1. The Balaban J connectivity index is 2.82. The van der Waals surface area contributed by atoms with E-state index in [-0.39, 0.29) is 17.1 Å². The molecule has 1 rings (SSSR count). The molecule has 0 atom stereocenters. The number of primary sulfonamides is 1. The summed E-state index contributed by atoms with van der Waals surface area (Å²) < 4.78 is 22.2. The van der Waals surface area contributed by atoms with Crippen LogP contribution in [0.15, 0.2) is 29.2 Å². The van der Waals surface area contributed by atoms with Crippen LogP contribution >= 0.6 is 0 Å². The SMILES string of the molecule is C#CCN(CC(=O)O)C(=O)Nc1ccc(S(N)(=O)=O)cc1. The Kier molecular flexibility index (Phi) is 5.29. The van der Waals surface area contributed by atoms with E-state index in [1.54, 1.807) is 0 Å². The molecular formula is C12H13N3O5S. The number of rotatable bonds is 5. The lowest BCUT2D eigenvalue weighted by Gasteiger charge is -2.18. The van der Waals surface area contributed by atoms with E-state index in [2.05, 4.69) is 11.2 Å². The first kappa shape index (κ1) is 16.5. The number of hydrogen-bond acceptors (Lipinski definition) is 4. The summed E-state index contributed by atoms with van der Waals surface area (Å²) in [6.07, 6.45) is 5.06. The molecule has 0 radical (unpaired) electrons. The first-order chi connectivity index (χ1) is 9.74. The molecule has 0 heterocycles. The lowest BCUT2D eigenvalue weighted by molar-refractivity contribution is -0.137. The van der Waals surface area contributed by atoms with E-state index in [9.17, 15) is 18.0 Å². The number of hydrogen-bond donors (Lipinski definition) is 3. The zero-order valence-corrected chi connectivity index (χ0v) is 11.6. The normalized spacial score (nSPS) is 10.5. The minimum atomic E-state index is -3.82. The predicted octanol–water partition coefficient (Wildman–Crippen LogP) is -0.114. The molecule has 1 aromatic carbocycles. The second-order valence-corrected chi connectivity index (χ2v) is 5.51. The van der Waals surface area contributed by atoms with Crippen molar-refractivity contribution < 1.29 is 23.1 Å². The number of urea groups is 1. The van der Waals surface area contributed by atoms with Crippen LogP contribution in [-0.2, 0) is 14.8 Å². The molecule has 4 N–H and O–H groups in total. The summed E-state index contributed by atoms with van der Waals surface area (Å²) in [4.78, 5) is 23.3. The maximum absolute atomic E-state index is 11.8. The van der Waals surface area contributed by atoms with Crippen LogP contribution in [0.3, 0.4) is 0 Å². The van der Waals surface area contributed by atoms with E-state index in [4.69, 9.17) is 16.7 Å². The molecule has 112 valence electrons. The van der Waals surface area contributed by atoms with E-state index in [0.29, 0.717) is 0 Å². The largest absolute Gasteiger partial charge is 0.480 e. The number of nitrogens with zero attached hydrogens (tertiary/aromatic N) is 1. The summed E-state index contributed by atoms with van der Waals surface area (Å²) in [6.45, 7) is -0.724. The van der Waals surface area contributed by atoms with Gasteiger partial charge < -0.3 is 15.3 Å². The van der Waals surface area contributed by atoms with Crippen molar-refractivity contribution in [1.29, 1.82) is 0 Å². The van der Waals surface area contributed by atoms with Gasteiger partial charge in [0.05, 0.1) is 11.4 Å². The van der Waals surface area contributed by atoms with Crippen LogP contribution in [0.1, 0.15) is 0 Å². The van der Waals surface area contributed by atoms with Gasteiger partial charge in [-0.1, -0.05) is 5.92 Å². The fourth-order valence-electron chi connectivity index (χ4n) is 1.40. The standard InChI is InChI=1S/C12H13N3O5S/c1-2-7-15(8-11(16)17)12(18)14-9-3-5-10(6-4-9)21(13,19)20/h1,3-6H,7-8H2,(H,14,18)(H,16,17)(H2,13,19,20). The van der Waals surface area contributed by atoms with Crippen LogP contribution in [0.2, 0.25) is 0 Å². The third-order valence-electron chi connectivity index (χ3n) is 2.33. The molecule has 0 saturated heterocycles. The number of carbonyl (C=O) groups excluding carboxylic acids is 1. The van der Waals surface area contributed by atoms with Crippen molar-refractivity contribution in [2.45, 2.75) is 4.90 Å². The molecule has 0 fully saturated rings. The van der Waals surface area contributed by atoms with Crippen molar-refractivity contribution in [2.75, 3.05) is 18.4 Å². The lowest BCUT2D eigenvalue weighted by atomic mass is 10.3. The monoisotopic (exact) mass is 311 g/mol. The number of carbonyl (C=O) groups is 2. The number of terminal acetylenes is 1. The zero-order valence-electron chi connectivity index (χ0n) is 10.8. The molecule has 0 saturated carbocycles. The molecule has 0 bridgehead atoms. The lowest BCUT2D eigenvalue weighted by Crippen LogP contribution is -2.39. The van der Waals surface area contributed by atoms with Gasteiger partial charge in [-0.3, -0.25) is 4.79 Å². The van der Waals surface area contributed by atoms with E-state index >= 15 is 0 Å². The third-order valence-corrected chi connectivity index (χ3v) is 3.26. The first-order valence-corrected chi connectivity index (χ1v) is 7.12. The van der Waals surface area contributed by atoms with Crippen LogP contribution in [0.4, 0.5) is 10.5 Å².